The van der Waals surface area contributed by atoms with E-state index >= 15 is 0 Å². The average Bonchev–Trinajstić information content (AvgIpc) is 2.69. The summed E-state index contributed by atoms with van der Waals surface area (Å²) in [5.41, 5.74) is 0.772. The first-order chi connectivity index (χ1) is 13.4. The molecule has 8 heteroatoms. The van der Waals surface area contributed by atoms with Crippen LogP contribution in [0.4, 0.5) is 11.4 Å². The lowest BCUT2D eigenvalue weighted by atomic mass is 9.86. The highest BCUT2D eigenvalue weighted by Gasteiger charge is 2.29. The SMILES string of the molecule is CC1CN(C(=O)CC2CCCCC2)CCN1C(=S)Nc1ccc([N+](=O)[O-])cc1. The number of nitrogens with one attached hydrogen (secondary N) is 1. The van der Waals surface area contributed by atoms with Gasteiger partial charge in [-0.05, 0) is 50.0 Å². The van der Waals surface area contributed by atoms with Crippen molar-refractivity contribution < 1.29 is 9.72 Å². The van der Waals surface area contributed by atoms with E-state index in [-0.39, 0.29) is 17.6 Å². The van der Waals surface area contributed by atoms with Gasteiger partial charge in [0.1, 0.15) is 0 Å². The Morgan fingerprint density at radius 2 is 1.89 bits per heavy atom. The molecule has 1 N–H and O–H groups in total. The van der Waals surface area contributed by atoms with Gasteiger partial charge in [-0.25, -0.2) is 0 Å². The van der Waals surface area contributed by atoms with E-state index in [1.54, 1.807) is 12.1 Å². The summed E-state index contributed by atoms with van der Waals surface area (Å²) in [5, 5.41) is 14.5. The maximum Gasteiger partial charge on any atom is 0.269 e. The molecule has 152 valence electrons. The fourth-order valence-corrected chi connectivity index (χ4v) is 4.50. The summed E-state index contributed by atoms with van der Waals surface area (Å²) in [5.74, 6) is 0.826. The van der Waals surface area contributed by atoms with Crippen molar-refractivity contribution in [3.8, 4) is 0 Å². The van der Waals surface area contributed by atoms with E-state index in [1.165, 1.54) is 44.2 Å². The van der Waals surface area contributed by atoms with E-state index in [2.05, 4.69) is 17.1 Å². The number of nitro groups is 1. The lowest BCUT2D eigenvalue weighted by Crippen LogP contribution is -2.56. The van der Waals surface area contributed by atoms with E-state index < -0.39 is 4.92 Å². The zero-order valence-corrected chi connectivity index (χ0v) is 17.1. The van der Waals surface area contributed by atoms with Crippen LogP contribution in [0.25, 0.3) is 0 Å². The molecule has 0 bridgehead atoms. The summed E-state index contributed by atoms with van der Waals surface area (Å²) in [6, 6.07) is 6.34. The second-order valence-corrected chi connectivity index (χ2v) is 8.21. The molecule has 7 nitrogen and oxygen atoms in total. The van der Waals surface area contributed by atoms with Crippen molar-refractivity contribution in [2.75, 3.05) is 25.0 Å². The number of benzene rings is 1. The van der Waals surface area contributed by atoms with Crippen LogP contribution in [0.3, 0.4) is 0 Å². The number of anilines is 1. The first-order valence-corrected chi connectivity index (χ1v) is 10.4. The molecule has 0 radical (unpaired) electrons. The smallest absolute Gasteiger partial charge is 0.269 e. The van der Waals surface area contributed by atoms with Crippen LogP contribution >= 0.6 is 12.2 Å². The first-order valence-electron chi connectivity index (χ1n) is 10.0. The van der Waals surface area contributed by atoms with Crippen molar-refractivity contribution in [3.63, 3.8) is 0 Å². The van der Waals surface area contributed by atoms with Gasteiger partial charge >= 0.3 is 0 Å². The van der Waals surface area contributed by atoms with E-state index in [4.69, 9.17) is 12.2 Å². The summed E-state index contributed by atoms with van der Waals surface area (Å²) in [6.45, 7) is 4.12. The molecular formula is C20H28N4O3S. The summed E-state index contributed by atoms with van der Waals surface area (Å²) in [4.78, 5) is 27.1. The Bertz CT molecular complexity index is 719. The topological polar surface area (TPSA) is 78.7 Å². The quantitative estimate of drug-likeness (QED) is 0.467. The molecule has 3 rings (SSSR count). The lowest BCUT2D eigenvalue weighted by Gasteiger charge is -2.41. The third kappa shape index (κ3) is 5.19. The highest BCUT2D eigenvalue weighted by molar-refractivity contribution is 7.80. The number of carbonyl (C=O) groups is 1. The normalized spacial score (nSPS) is 20.7. The van der Waals surface area contributed by atoms with Crippen molar-refractivity contribution in [3.05, 3.63) is 34.4 Å². The number of carbonyl (C=O) groups excluding carboxylic acids is 1. The monoisotopic (exact) mass is 404 g/mol. The molecule has 0 spiro atoms. The Morgan fingerprint density at radius 3 is 2.50 bits per heavy atom. The highest BCUT2D eigenvalue weighted by atomic mass is 32.1. The largest absolute Gasteiger partial charge is 0.343 e. The predicted octanol–water partition coefficient (Wildman–Crippen LogP) is 3.79. The van der Waals surface area contributed by atoms with Gasteiger partial charge in [-0.2, -0.15) is 0 Å². The van der Waals surface area contributed by atoms with E-state index in [1.807, 2.05) is 4.90 Å². The minimum Gasteiger partial charge on any atom is -0.343 e. The zero-order valence-electron chi connectivity index (χ0n) is 16.3. The molecule has 1 saturated carbocycles. The van der Waals surface area contributed by atoms with Crippen molar-refractivity contribution in [1.82, 2.24) is 9.80 Å². The van der Waals surface area contributed by atoms with Gasteiger partial charge in [-0.1, -0.05) is 19.3 Å². The van der Waals surface area contributed by atoms with E-state index in [9.17, 15) is 14.9 Å². The maximum atomic E-state index is 12.7. The van der Waals surface area contributed by atoms with Gasteiger partial charge in [0.05, 0.1) is 4.92 Å². The van der Waals surface area contributed by atoms with Crippen LogP contribution in [0.1, 0.15) is 45.4 Å². The predicted molar refractivity (Wildman–Crippen MR) is 113 cm³/mol. The lowest BCUT2D eigenvalue weighted by molar-refractivity contribution is -0.384. The molecule has 1 atom stereocenters. The third-order valence-electron chi connectivity index (χ3n) is 5.76. The second kappa shape index (κ2) is 9.32. The Hall–Kier alpha value is -2.22. The van der Waals surface area contributed by atoms with Crippen molar-refractivity contribution in [1.29, 1.82) is 0 Å². The van der Waals surface area contributed by atoms with E-state index in [0.717, 1.165) is 5.69 Å². The fraction of sp³-hybridized carbons (Fsp3) is 0.600. The Morgan fingerprint density at radius 1 is 1.21 bits per heavy atom. The van der Waals surface area contributed by atoms with Gasteiger partial charge < -0.3 is 15.1 Å². The van der Waals surface area contributed by atoms with Gasteiger partial charge in [0.25, 0.3) is 5.69 Å². The molecule has 1 aromatic carbocycles. The van der Waals surface area contributed by atoms with Crippen molar-refractivity contribution >= 4 is 34.6 Å². The third-order valence-corrected chi connectivity index (χ3v) is 6.10. The van der Waals surface area contributed by atoms with Crippen LogP contribution in [0.15, 0.2) is 24.3 Å². The number of hydrogen-bond acceptors (Lipinski definition) is 4. The van der Waals surface area contributed by atoms with E-state index in [0.29, 0.717) is 37.1 Å². The fourth-order valence-electron chi connectivity index (χ4n) is 4.11. The van der Waals surface area contributed by atoms with Gasteiger partial charge in [0.2, 0.25) is 5.91 Å². The molecule has 2 fully saturated rings. The Balaban J connectivity index is 1.50. The van der Waals surface area contributed by atoms with Gasteiger partial charge in [0.15, 0.2) is 5.11 Å². The number of nitrogens with zero attached hydrogens (tertiary/aromatic N) is 3. The second-order valence-electron chi connectivity index (χ2n) is 7.82. The molecular weight excluding hydrogens is 376 g/mol. The Kier molecular flexibility index (Phi) is 6.83. The summed E-state index contributed by atoms with van der Waals surface area (Å²) < 4.78 is 0. The molecule has 1 aliphatic heterocycles. The maximum absolute atomic E-state index is 12.7. The number of thiocarbonyl (C=S) groups is 1. The number of piperazine rings is 1. The minimum atomic E-state index is -0.423. The van der Waals surface area contributed by atoms with Crippen LogP contribution in [0.2, 0.25) is 0 Å². The van der Waals surface area contributed by atoms with Gasteiger partial charge in [-0.3, -0.25) is 14.9 Å². The summed E-state index contributed by atoms with van der Waals surface area (Å²) >= 11 is 5.53. The molecule has 1 aliphatic carbocycles. The molecule has 1 amide bonds. The standard InChI is InChI=1S/C20H28N4O3S/c1-15-14-22(19(25)13-16-5-3-2-4-6-16)11-12-23(15)20(28)21-17-7-9-18(10-8-17)24(26)27/h7-10,15-16H,2-6,11-14H2,1H3,(H,21,28). The van der Waals surface area contributed by atoms with Gasteiger partial charge in [0, 0.05) is 49.9 Å². The van der Waals surface area contributed by atoms with Crippen LogP contribution in [0.5, 0.6) is 0 Å². The minimum absolute atomic E-state index is 0.0509. The van der Waals surface area contributed by atoms with Gasteiger partial charge in [-0.15, -0.1) is 0 Å². The number of amides is 1. The summed E-state index contributed by atoms with van der Waals surface area (Å²) in [7, 11) is 0. The molecule has 28 heavy (non-hydrogen) atoms. The molecule has 1 saturated heterocycles. The summed E-state index contributed by atoms with van der Waals surface area (Å²) in [6.07, 6.45) is 6.86. The van der Waals surface area contributed by atoms with Crippen molar-refractivity contribution in [2.45, 2.75) is 51.5 Å². The molecule has 0 aromatic heterocycles. The van der Waals surface area contributed by atoms with Crippen LogP contribution in [-0.2, 0) is 4.79 Å². The average molecular weight is 405 g/mol. The number of rotatable bonds is 4. The highest BCUT2D eigenvalue weighted by Crippen LogP contribution is 2.27. The molecule has 2 aliphatic rings. The van der Waals surface area contributed by atoms with Crippen LogP contribution < -0.4 is 5.32 Å². The van der Waals surface area contributed by atoms with Crippen molar-refractivity contribution in [2.24, 2.45) is 5.92 Å². The number of non-ortho nitro benzene ring substituents is 1. The first kappa shape index (κ1) is 20.5. The zero-order chi connectivity index (χ0) is 20.1. The Labute approximate surface area is 171 Å². The molecule has 1 unspecified atom stereocenters. The molecule has 1 heterocycles. The number of nitro benzene ring substituents is 1. The number of hydrogen-bond donors (Lipinski definition) is 1. The van der Waals surface area contributed by atoms with Crippen LogP contribution in [-0.4, -0.2) is 51.4 Å². The van der Waals surface area contributed by atoms with Crippen LogP contribution in [0, 0.1) is 16.0 Å². The molecule has 1 aromatic rings.